The lowest BCUT2D eigenvalue weighted by Gasteiger charge is -2.20. The average molecular weight is 579 g/mol. The van der Waals surface area contributed by atoms with Gasteiger partial charge in [0.2, 0.25) is 23.4 Å². The molecule has 0 saturated heterocycles. The molecule has 0 fully saturated rings. The van der Waals surface area contributed by atoms with Gasteiger partial charge in [-0.25, -0.2) is 22.5 Å². The molecule has 1 N–H and O–H groups in total. The van der Waals surface area contributed by atoms with Gasteiger partial charge in [-0.2, -0.15) is 18.8 Å². The number of nitriles is 1. The highest BCUT2D eigenvalue weighted by molar-refractivity contribution is 6.32. The number of nitrogens with zero attached hydrogens (tertiary/aromatic N) is 4. The summed E-state index contributed by atoms with van der Waals surface area (Å²) in [5.41, 5.74) is -4.77. The van der Waals surface area contributed by atoms with E-state index in [1.807, 2.05) is 0 Å². The van der Waals surface area contributed by atoms with Crippen LogP contribution in [-0.4, -0.2) is 34.3 Å². The monoisotopic (exact) mass is 578 g/mol. The number of alkyl halides is 6. The Kier molecular flexibility index (Phi) is 8.92. The van der Waals surface area contributed by atoms with Crippen molar-refractivity contribution >= 4 is 11.6 Å². The van der Waals surface area contributed by atoms with Gasteiger partial charge in [-0.3, -0.25) is 9.36 Å². The smallest absolute Gasteiger partial charge is 0.352 e. The van der Waals surface area contributed by atoms with E-state index in [1.165, 1.54) is 6.92 Å². The van der Waals surface area contributed by atoms with Gasteiger partial charge >= 0.3 is 12.3 Å². The number of rotatable bonds is 10. The van der Waals surface area contributed by atoms with Gasteiger partial charge in [0.1, 0.15) is 18.9 Å². The van der Waals surface area contributed by atoms with E-state index in [0.29, 0.717) is 17.0 Å². The number of benzene rings is 1. The summed E-state index contributed by atoms with van der Waals surface area (Å²) in [5, 5.41) is 30.4. The first kappa shape index (κ1) is 29.5. The molecule has 2 heterocycles. The maximum atomic E-state index is 14.4. The Morgan fingerprint density at radius 3 is 2.54 bits per heavy atom. The predicted molar refractivity (Wildman–Crippen MR) is 121 cm³/mol. The van der Waals surface area contributed by atoms with E-state index >= 15 is 0 Å². The van der Waals surface area contributed by atoms with E-state index in [9.17, 15) is 41.6 Å². The molecule has 2 aromatic heterocycles. The predicted octanol–water partition coefficient (Wildman–Crippen LogP) is 4.22. The van der Waals surface area contributed by atoms with Crippen LogP contribution in [0.3, 0.4) is 0 Å². The molecule has 1 aromatic carbocycles. The minimum atomic E-state index is -5.01. The summed E-state index contributed by atoms with van der Waals surface area (Å²) in [4.78, 5) is 16.4. The van der Waals surface area contributed by atoms with Gasteiger partial charge < -0.3 is 19.8 Å². The molecule has 0 amide bonds. The van der Waals surface area contributed by atoms with Crippen molar-refractivity contribution in [3.05, 3.63) is 79.4 Å². The topological polar surface area (TPSA) is 124 Å². The van der Waals surface area contributed by atoms with E-state index in [-0.39, 0.29) is 45.5 Å². The SMILES string of the molecule is Cc1c(C#N)cc(C(F)F)cc1Oc1c(C(F)(F)C(F)F)ncn(Cc2cc(Cl)c(OCCO)c[n+]2[O-])c1=O. The molecule has 3 rings (SSSR count). The van der Waals surface area contributed by atoms with Crippen LogP contribution >= 0.6 is 11.6 Å². The zero-order chi connectivity index (χ0) is 29.1. The van der Waals surface area contributed by atoms with Crippen molar-refractivity contribution in [1.29, 1.82) is 5.26 Å². The van der Waals surface area contributed by atoms with Gasteiger partial charge in [-0.05, 0) is 19.1 Å². The lowest BCUT2D eigenvalue weighted by molar-refractivity contribution is -0.614. The van der Waals surface area contributed by atoms with Crippen molar-refractivity contribution < 1.29 is 45.7 Å². The van der Waals surface area contributed by atoms with Crippen LogP contribution in [0.4, 0.5) is 26.3 Å². The summed E-state index contributed by atoms with van der Waals surface area (Å²) in [6, 6.07) is 4.15. The van der Waals surface area contributed by atoms with Gasteiger partial charge in [-0.1, -0.05) is 11.6 Å². The first-order valence-electron chi connectivity index (χ1n) is 10.7. The Balaban J connectivity index is 2.17. The van der Waals surface area contributed by atoms with Crippen LogP contribution in [0.15, 0.2) is 35.5 Å². The molecule has 9 nitrogen and oxygen atoms in total. The summed E-state index contributed by atoms with van der Waals surface area (Å²) in [6.07, 6.45) is -6.13. The zero-order valence-electron chi connectivity index (χ0n) is 19.7. The van der Waals surface area contributed by atoms with Gasteiger partial charge in [-0.15, -0.1) is 0 Å². The van der Waals surface area contributed by atoms with Crippen LogP contribution in [0.2, 0.25) is 5.02 Å². The van der Waals surface area contributed by atoms with Crippen LogP contribution in [0.5, 0.6) is 17.2 Å². The Bertz CT molecular complexity index is 1480. The molecular weight excluding hydrogens is 562 g/mol. The fourth-order valence-corrected chi connectivity index (χ4v) is 3.50. The van der Waals surface area contributed by atoms with E-state index in [0.717, 1.165) is 18.3 Å². The maximum absolute atomic E-state index is 14.4. The number of aromatic nitrogens is 3. The van der Waals surface area contributed by atoms with Gasteiger partial charge in [0.15, 0.2) is 5.69 Å². The number of pyridine rings is 1. The second-order valence-electron chi connectivity index (χ2n) is 7.86. The van der Waals surface area contributed by atoms with Crippen molar-refractivity contribution in [2.24, 2.45) is 0 Å². The second-order valence-corrected chi connectivity index (χ2v) is 8.27. The summed E-state index contributed by atoms with van der Waals surface area (Å²) < 4.78 is 92.9. The molecule has 0 aliphatic carbocycles. The van der Waals surface area contributed by atoms with Crippen molar-refractivity contribution in [1.82, 2.24) is 9.55 Å². The molecule has 208 valence electrons. The summed E-state index contributed by atoms with van der Waals surface area (Å²) in [6.45, 7) is -0.0496. The average Bonchev–Trinajstić information content (AvgIpc) is 2.88. The Hall–Kier alpha value is -4.03. The molecule has 0 spiro atoms. The second kappa shape index (κ2) is 11.8. The third-order valence-electron chi connectivity index (χ3n) is 5.28. The highest BCUT2D eigenvalue weighted by atomic mass is 35.5. The van der Waals surface area contributed by atoms with Crippen molar-refractivity contribution in [2.45, 2.75) is 32.2 Å². The molecule has 0 atom stereocenters. The molecule has 16 heteroatoms. The van der Waals surface area contributed by atoms with E-state index < -0.39 is 53.6 Å². The molecule has 3 aromatic rings. The van der Waals surface area contributed by atoms with Crippen molar-refractivity contribution in [3.63, 3.8) is 0 Å². The van der Waals surface area contributed by atoms with Crippen molar-refractivity contribution in [2.75, 3.05) is 13.2 Å². The number of halogens is 7. The number of aliphatic hydroxyl groups is 1. The van der Waals surface area contributed by atoms with Crippen molar-refractivity contribution in [3.8, 4) is 23.3 Å². The summed E-state index contributed by atoms with van der Waals surface area (Å²) in [7, 11) is 0. The zero-order valence-corrected chi connectivity index (χ0v) is 20.4. The molecule has 0 aliphatic rings. The third kappa shape index (κ3) is 6.18. The summed E-state index contributed by atoms with van der Waals surface area (Å²) in [5.74, 6) is -7.21. The molecule has 0 aliphatic heterocycles. The lowest BCUT2D eigenvalue weighted by Crippen LogP contribution is -2.36. The number of aliphatic hydroxyl groups excluding tert-OH is 1. The minimum Gasteiger partial charge on any atom is -0.618 e. The fourth-order valence-electron chi connectivity index (χ4n) is 3.27. The number of ether oxygens (including phenoxy) is 2. The number of hydrogen-bond donors (Lipinski definition) is 1. The molecule has 39 heavy (non-hydrogen) atoms. The quantitative estimate of drug-likeness (QED) is 0.217. The van der Waals surface area contributed by atoms with Crippen LogP contribution in [0.25, 0.3) is 0 Å². The first-order valence-corrected chi connectivity index (χ1v) is 11.1. The molecule has 0 radical (unpaired) electrons. The van der Waals surface area contributed by atoms with Crippen LogP contribution < -0.4 is 19.8 Å². The highest BCUT2D eigenvalue weighted by Gasteiger charge is 2.48. The van der Waals surface area contributed by atoms with Gasteiger partial charge in [0, 0.05) is 17.2 Å². The van der Waals surface area contributed by atoms with E-state index in [1.54, 1.807) is 6.07 Å². The van der Waals surface area contributed by atoms with Gasteiger partial charge in [0.25, 0.3) is 12.0 Å². The first-order chi connectivity index (χ1) is 18.3. The lowest BCUT2D eigenvalue weighted by atomic mass is 10.0. The maximum Gasteiger partial charge on any atom is 0.352 e. The number of hydrogen-bond acceptors (Lipinski definition) is 7. The van der Waals surface area contributed by atoms with Crippen LogP contribution in [0, 0.1) is 23.5 Å². The third-order valence-corrected chi connectivity index (χ3v) is 5.58. The van der Waals surface area contributed by atoms with E-state index in [4.69, 9.17) is 26.2 Å². The summed E-state index contributed by atoms with van der Waals surface area (Å²) >= 11 is 6.03. The fraction of sp³-hybridized carbons (Fsp3) is 0.304. The van der Waals surface area contributed by atoms with Crippen LogP contribution in [-0.2, 0) is 12.5 Å². The largest absolute Gasteiger partial charge is 0.618 e. The molecule has 0 unspecified atom stereocenters. The van der Waals surface area contributed by atoms with Crippen LogP contribution in [0.1, 0.15) is 34.5 Å². The standard InChI is InChI=1S/C23H17ClF6N4O5/c1-11-13(7-31)4-12(20(25)26)5-16(11)39-18-19(23(29,30)22(27)28)32-10-33(21(18)36)8-14-6-15(24)17(9-34(14)37)38-3-2-35/h4-6,9-10,20,22,35H,2-3,8H2,1H3. The van der Waals surface area contributed by atoms with Gasteiger partial charge in [0.05, 0.1) is 29.6 Å². The Morgan fingerprint density at radius 1 is 1.26 bits per heavy atom. The highest BCUT2D eigenvalue weighted by Crippen LogP contribution is 2.39. The molecule has 0 saturated carbocycles. The minimum absolute atomic E-state index is 0.117. The molecule has 0 bridgehead atoms. The normalized spacial score (nSPS) is 11.6. The Labute approximate surface area is 220 Å². The molecular formula is C23H17ClF6N4O5. The van der Waals surface area contributed by atoms with E-state index in [2.05, 4.69) is 4.98 Å². The Morgan fingerprint density at radius 2 is 1.95 bits per heavy atom.